The third-order valence-corrected chi connectivity index (χ3v) is 8.54. The molecule has 1 N–H and O–H groups in total. The van der Waals surface area contributed by atoms with Gasteiger partial charge in [-0.25, -0.2) is 19.6 Å². The second-order valence-electron chi connectivity index (χ2n) is 11.0. The Hall–Kier alpha value is -3.35. The lowest BCUT2D eigenvalue weighted by Gasteiger charge is -2.31. The van der Waals surface area contributed by atoms with E-state index in [9.17, 15) is 0 Å². The number of fused-ring (bicyclic) bond motifs is 1. The summed E-state index contributed by atoms with van der Waals surface area (Å²) in [6.07, 6.45) is 9.62. The number of anilines is 3. The Labute approximate surface area is 224 Å². The van der Waals surface area contributed by atoms with E-state index in [1.165, 1.54) is 0 Å². The van der Waals surface area contributed by atoms with Crippen LogP contribution in [0.3, 0.4) is 0 Å². The van der Waals surface area contributed by atoms with Gasteiger partial charge in [0.25, 0.3) is 0 Å². The molecule has 5 rings (SSSR count). The van der Waals surface area contributed by atoms with Crippen molar-refractivity contribution in [1.82, 2.24) is 34.3 Å². The summed E-state index contributed by atoms with van der Waals surface area (Å²) in [5, 5.41) is 7.79. The number of imidazole rings is 1. The first-order valence-electron chi connectivity index (χ1n) is 13.1. The van der Waals surface area contributed by atoms with Crippen LogP contribution < -0.4 is 10.2 Å². The molecule has 202 valence electrons. The van der Waals surface area contributed by atoms with Gasteiger partial charge in [0.15, 0.2) is 0 Å². The van der Waals surface area contributed by atoms with Crippen LogP contribution in [0.4, 0.5) is 17.6 Å². The molecular weight excluding hydrogens is 498 g/mol. The molecule has 0 bridgehead atoms. The molecule has 1 saturated heterocycles. The fourth-order valence-corrected chi connectivity index (χ4v) is 5.26. The fraction of sp³-hybridized carbons (Fsp3) is 0.500. The molecule has 11 nitrogen and oxygen atoms in total. The Morgan fingerprint density at radius 3 is 2.66 bits per heavy atom. The standard InChI is InChI=1S/C26H37N9O2Si/c1-33-22-14-24(31-23-6-9-27-26(32-23)34-10-7-20(36-2)8-11-34)28-16-21(22)30-25(33)19-15-29-35(17-19)18-37-12-13-38(3,4)5/h6,9,14-17,20H,7-8,10-13,18H2,1-5H3,(H,27,28,31,32). The summed E-state index contributed by atoms with van der Waals surface area (Å²) in [7, 11) is 2.67. The van der Waals surface area contributed by atoms with Crippen LogP contribution >= 0.6 is 0 Å². The molecule has 0 radical (unpaired) electrons. The highest BCUT2D eigenvalue weighted by atomic mass is 28.3. The molecule has 5 heterocycles. The number of rotatable bonds is 10. The number of aryl methyl sites for hydroxylation is 1. The van der Waals surface area contributed by atoms with Crippen LogP contribution in [0.15, 0.2) is 36.9 Å². The van der Waals surface area contributed by atoms with E-state index in [-0.39, 0.29) is 0 Å². The predicted octanol–water partition coefficient (Wildman–Crippen LogP) is 4.29. The molecular formula is C26H37N9O2Si. The van der Waals surface area contributed by atoms with Crippen molar-refractivity contribution in [3.63, 3.8) is 0 Å². The van der Waals surface area contributed by atoms with Crippen molar-refractivity contribution in [3.05, 3.63) is 36.9 Å². The van der Waals surface area contributed by atoms with Crippen LogP contribution in [0, 0.1) is 0 Å². The van der Waals surface area contributed by atoms with Crippen LogP contribution in [0.5, 0.6) is 0 Å². The minimum absolute atomic E-state index is 0.315. The van der Waals surface area contributed by atoms with Crippen molar-refractivity contribution in [2.75, 3.05) is 37.0 Å². The van der Waals surface area contributed by atoms with Crippen molar-refractivity contribution in [3.8, 4) is 11.4 Å². The van der Waals surface area contributed by atoms with Gasteiger partial charge < -0.3 is 24.3 Å². The summed E-state index contributed by atoms with van der Waals surface area (Å²) in [6, 6.07) is 4.98. The minimum Gasteiger partial charge on any atom is -0.381 e. The second kappa shape index (κ2) is 11.2. The number of aromatic nitrogens is 7. The SMILES string of the molecule is COC1CCN(c2nccc(Nc3cc4c(cn3)nc(-c3cnn(COCC[Si](C)(C)C)c3)n4C)n2)CC1. The lowest BCUT2D eigenvalue weighted by Crippen LogP contribution is -2.37. The quantitative estimate of drug-likeness (QED) is 0.235. The summed E-state index contributed by atoms with van der Waals surface area (Å²) in [4.78, 5) is 20.8. The Kier molecular flexibility index (Phi) is 7.72. The number of methoxy groups -OCH3 is 1. The monoisotopic (exact) mass is 535 g/mol. The number of hydrogen-bond acceptors (Lipinski definition) is 9. The number of hydrogen-bond donors (Lipinski definition) is 1. The van der Waals surface area contributed by atoms with E-state index in [4.69, 9.17) is 19.4 Å². The molecule has 0 unspecified atom stereocenters. The molecule has 12 heteroatoms. The molecule has 38 heavy (non-hydrogen) atoms. The van der Waals surface area contributed by atoms with Gasteiger partial charge in [-0.1, -0.05) is 19.6 Å². The topological polar surface area (TPSA) is 108 Å². The molecule has 1 aliphatic heterocycles. The predicted molar refractivity (Wildman–Crippen MR) is 151 cm³/mol. The van der Waals surface area contributed by atoms with E-state index in [0.717, 1.165) is 67.0 Å². The van der Waals surface area contributed by atoms with Crippen molar-refractivity contribution in [1.29, 1.82) is 0 Å². The van der Waals surface area contributed by atoms with E-state index < -0.39 is 8.07 Å². The maximum Gasteiger partial charge on any atom is 0.227 e. The van der Waals surface area contributed by atoms with Gasteiger partial charge in [0.05, 0.1) is 29.6 Å². The fourth-order valence-electron chi connectivity index (χ4n) is 4.50. The van der Waals surface area contributed by atoms with Gasteiger partial charge in [-0.05, 0) is 25.0 Å². The first-order valence-corrected chi connectivity index (χ1v) is 16.8. The van der Waals surface area contributed by atoms with Crippen molar-refractivity contribution < 1.29 is 9.47 Å². The molecule has 1 fully saturated rings. The number of nitrogens with zero attached hydrogens (tertiary/aromatic N) is 8. The second-order valence-corrected chi connectivity index (χ2v) is 16.6. The first kappa shape index (κ1) is 26.3. The normalized spacial score (nSPS) is 14.9. The summed E-state index contributed by atoms with van der Waals surface area (Å²) >= 11 is 0. The molecule has 4 aromatic rings. The average Bonchev–Trinajstić information content (AvgIpc) is 3.50. The molecule has 1 aliphatic rings. The number of piperidine rings is 1. The highest BCUT2D eigenvalue weighted by molar-refractivity contribution is 6.76. The largest absolute Gasteiger partial charge is 0.381 e. The van der Waals surface area contributed by atoms with E-state index in [0.29, 0.717) is 24.5 Å². The zero-order chi connectivity index (χ0) is 26.7. The average molecular weight is 536 g/mol. The Morgan fingerprint density at radius 2 is 1.89 bits per heavy atom. The van der Waals surface area contributed by atoms with Crippen molar-refractivity contribution >= 4 is 36.7 Å². The van der Waals surface area contributed by atoms with Crippen LogP contribution in [-0.4, -0.2) is 75.3 Å². The lowest BCUT2D eigenvalue weighted by molar-refractivity contribution is 0.0786. The summed E-state index contributed by atoms with van der Waals surface area (Å²) in [5.41, 5.74) is 2.72. The third-order valence-electron chi connectivity index (χ3n) is 6.84. The number of pyridine rings is 1. The highest BCUT2D eigenvalue weighted by Crippen LogP contribution is 2.26. The van der Waals surface area contributed by atoms with Crippen LogP contribution in [0.2, 0.25) is 25.7 Å². The van der Waals surface area contributed by atoms with Crippen LogP contribution in [0.1, 0.15) is 12.8 Å². The summed E-state index contributed by atoms with van der Waals surface area (Å²) in [5.74, 6) is 2.95. The maximum absolute atomic E-state index is 5.83. The lowest BCUT2D eigenvalue weighted by atomic mass is 10.1. The van der Waals surface area contributed by atoms with Gasteiger partial charge >= 0.3 is 0 Å². The minimum atomic E-state index is -1.11. The zero-order valence-corrected chi connectivity index (χ0v) is 23.9. The summed E-state index contributed by atoms with van der Waals surface area (Å²) in [6.45, 7) is 10.0. The first-order chi connectivity index (χ1) is 18.3. The summed E-state index contributed by atoms with van der Waals surface area (Å²) < 4.78 is 15.2. The molecule has 4 aromatic heterocycles. The number of ether oxygens (including phenoxy) is 2. The molecule has 0 spiro atoms. The smallest absolute Gasteiger partial charge is 0.227 e. The Morgan fingerprint density at radius 1 is 1.08 bits per heavy atom. The van der Waals surface area contributed by atoms with Crippen LogP contribution in [-0.2, 0) is 23.3 Å². The van der Waals surface area contributed by atoms with Gasteiger partial charge in [0, 0.05) is 60.4 Å². The van der Waals surface area contributed by atoms with Gasteiger partial charge in [0.1, 0.15) is 29.7 Å². The Bertz CT molecular complexity index is 1370. The van der Waals surface area contributed by atoms with E-state index in [1.807, 2.05) is 36.3 Å². The van der Waals surface area contributed by atoms with Crippen molar-refractivity contribution in [2.24, 2.45) is 7.05 Å². The van der Waals surface area contributed by atoms with Crippen molar-refractivity contribution in [2.45, 2.75) is 51.4 Å². The molecule has 0 amide bonds. The van der Waals surface area contributed by atoms with E-state index in [2.05, 4.69) is 49.5 Å². The molecule has 0 aliphatic carbocycles. The maximum atomic E-state index is 5.83. The van der Waals surface area contributed by atoms with Gasteiger partial charge in [-0.15, -0.1) is 0 Å². The highest BCUT2D eigenvalue weighted by Gasteiger charge is 2.21. The Balaban J connectivity index is 1.27. The van der Waals surface area contributed by atoms with E-state index >= 15 is 0 Å². The molecule has 0 atom stereocenters. The molecule has 0 saturated carbocycles. The van der Waals surface area contributed by atoms with Gasteiger partial charge in [0.2, 0.25) is 5.95 Å². The molecule has 0 aromatic carbocycles. The van der Waals surface area contributed by atoms with Gasteiger partial charge in [-0.3, -0.25) is 0 Å². The van der Waals surface area contributed by atoms with Gasteiger partial charge in [-0.2, -0.15) is 10.1 Å². The van der Waals surface area contributed by atoms with Crippen LogP contribution in [0.25, 0.3) is 22.4 Å². The zero-order valence-electron chi connectivity index (χ0n) is 22.9. The van der Waals surface area contributed by atoms with E-state index in [1.54, 1.807) is 19.5 Å². The number of nitrogens with one attached hydrogen (secondary N) is 1. The third kappa shape index (κ3) is 6.20.